The lowest BCUT2D eigenvalue weighted by Gasteiger charge is -2.23. The van der Waals surface area contributed by atoms with Crippen LogP contribution in [0.5, 0.6) is 0 Å². The standard InChI is InChI=1S/C11H13BrN2O2/c1-14(10-2-3-16-7-10)11(15)8-4-9(12)6-13-5-8/h4-6,10H,2-3,7H2,1H3. The number of hydrogen-bond donors (Lipinski definition) is 0. The molecule has 1 unspecified atom stereocenters. The lowest BCUT2D eigenvalue weighted by molar-refractivity contribution is 0.0711. The second kappa shape index (κ2) is 4.93. The zero-order valence-electron chi connectivity index (χ0n) is 9.02. The van der Waals surface area contributed by atoms with Crippen molar-refractivity contribution in [2.75, 3.05) is 20.3 Å². The molecule has 0 saturated carbocycles. The average molecular weight is 285 g/mol. The highest BCUT2D eigenvalue weighted by Gasteiger charge is 2.24. The summed E-state index contributed by atoms with van der Waals surface area (Å²) < 4.78 is 6.08. The van der Waals surface area contributed by atoms with Crippen molar-refractivity contribution in [3.8, 4) is 0 Å². The number of pyridine rings is 1. The van der Waals surface area contributed by atoms with E-state index in [0.717, 1.165) is 17.5 Å². The van der Waals surface area contributed by atoms with E-state index < -0.39 is 0 Å². The first-order valence-electron chi connectivity index (χ1n) is 5.14. The highest BCUT2D eigenvalue weighted by molar-refractivity contribution is 9.10. The average Bonchev–Trinajstić information content (AvgIpc) is 2.80. The maximum absolute atomic E-state index is 12.1. The van der Waals surface area contributed by atoms with Gasteiger partial charge >= 0.3 is 0 Å². The van der Waals surface area contributed by atoms with Crippen LogP contribution in [0.25, 0.3) is 0 Å². The fraction of sp³-hybridized carbons (Fsp3) is 0.455. The van der Waals surface area contributed by atoms with Crippen molar-refractivity contribution in [1.82, 2.24) is 9.88 Å². The Bertz CT molecular complexity index is 391. The molecule has 1 aromatic heterocycles. The van der Waals surface area contributed by atoms with E-state index in [-0.39, 0.29) is 11.9 Å². The number of likely N-dealkylation sites (N-methyl/N-ethyl adjacent to an activating group) is 1. The van der Waals surface area contributed by atoms with Crippen LogP contribution in [-0.4, -0.2) is 42.1 Å². The molecule has 0 radical (unpaired) electrons. The third-order valence-corrected chi connectivity index (χ3v) is 3.16. The first-order chi connectivity index (χ1) is 7.68. The van der Waals surface area contributed by atoms with Gasteiger partial charge in [-0.3, -0.25) is 9.78 Å². The summed E-state index contributed by atoms with van der Waals surface area (Å²) in [5, 5.41) is 0. The van der Waals surface area contributed by atoms with Crippen LogP contribution in [0.1, 0.15) is 16.8 Å². The van der Waals surface area contributed by atoms with E-state index in [4.69, 9.17) is 4.74 Å². The fourth-order valence-electron chi connectivity index (χ4n) is 1.73. The van der Waals surface area contributed by atoms with Crippen molar-refractivity contribution in [2.45, 2.75) is 12.5 Å². The summed E-state index contributed by atoms with van der Waals surface area (Å²) in [5.41, 5.74) is 0.601. The summed E-state index contributed by atoms with van der Waals surface area (Å²) in [5.74, 6) is -0.00991. The smallest absolute Gasteiger partial charge is 0.255 e. The minimum absolute atomic E-state index is 0.00991. The van der Waals surface area contributed by atoms with Crippen LogP contribution < -0.4 is 0 Å². The molecule has 5 heteroatoms. The molecule has 4 nitrogen and oxygen atoms in total. The number of carbonyl (C=O) groups is 1. The minimum Gasteiger partial charge on any atom is -0.379 e. The number of halogens is 1. The quantitative estimate of drug-likeness (QED) is 0.830. The van der Waals surface area contributed by atoms with Crippen LogP contribution in [0, 0.1) is 0 Å². The summed E-state index contributed by atoms with van der Waals surface area (Å²) in [4.78, 5) is 17.8. The van der Waals surface area contributed by atoms with Crippen molar-refractivity contribution in [2.24, 2.45) is 0 Å². The Morgan fingerprint density at radius 1 is 1.62 bits per heavy atom. The summed E-state index contributed by atoms with van der Waals surface area (Å²) >= 11 is 3.31. The van der Waals surface area contributed by atoms with E-state index in [0.29, 0.717) is 12.2 Å². The maximum atomic E-state index is 12.1. The molecule has 1 aromatic rings. The normalized spacial score (nSPS) is 19.8. The van der Waals surface area contributed by atoms with Crippen molar-refractivity contribution < 1.29 is 9.53 Å². The number of hydrogen-bond acceptors (Lipinski definition) is 3. The van der Waals surface area contributed by atoms with E-state index in [1.54, 1.807) is 23.4 Å². The van der Waals surface area contributed by atoms with Gasteiger partial charge in [-0.2, -0.15) is 0 Å². The Morgan fingerprint density at radius 2 is 2.44 bits per heavy atom. The van der Waals surface area contributed by atoms with Gasteiger partial charge in [0.05, 0.1) is 18.2 Å². The second-order valence-electron chi connectivity index (χ2n) is 3.83. The highest BCUT2D eigenvalue weighted by atomic mass is 79.9. The Kier molecular flexibility index (Phi) is 3.56. The van der Waals surface area contributed by atoms with Gasteiger partial charge in [-0.05, 0) is 28.4 Å². The number of nitrogens with zero attached hydrogens (tertiary/aromatic N) is 2. The Labute approximate surface area is 103 Å². The van der Waals surface area contributed by atoms with E-state index >= 15 is 0 Å². The van der Waals surface area contributed by atoms with Crippen LogP contribution in [-0.2, 0) is 4.74 Å². The number of rotatable bonds is 2. The lowest BCUT2D eigenvalue weighted by Crippen LogP contribution is -2.37. The van der Waals surface area contributed by atoms with Crippen molar-refractivity contribution in [1.29, 1.82) is 0 Å². The van der Waals surface area contributed by atoms with E-state index in [9.17, 15) is 4.79 Å². The summed E-state index contributed by atoms with van der Waals surface area (Å²) in [7, 11) is 1.81. The monoisotopic (exact) mass is 284 g/mol. The zero-order valence-corrected chi connectivity index (χ0v) is 10.6. The molecule has 2 rings (SSSR count). The van der Waals surface area contributed by atoms with Crippen LogP contribution in [0.15, 0.2) is 22.9 Å². The predicted molar refractivity (Wildman–Crippen MR) is 63.3 cm³/mol. The molecule has 1 amide bonds. The van der Waals surface area contributed by atoms with Gasteiger partial charge in [-0.1, -0.05) is 0 Å². The molecule has 1 atom stereocenters. The Morgan fingerprint density at radius 3 is 3.06 bits per heavy atom. The molecular weight excluding hydrogens is 272 g/mol. The number of amides is 1. The first-order valence-corrected chi connectivity index (χ1v) is 5.93. The molecule has 86 valence electrons. The lowest BCUT2D eigenvalue weighted by atomic mass is 10.2. The highest BCUT2D eigenvalue weighted by Crippen LogP contribution is 2.16. The van der Waals surface area contributed by atoms with Gasteiger partial charge in [0, 0.05) is 30.5 Å². The first kappa shape index (κ1) is 11.5. The largest absolute Gasteiger partial charge is 0.379 e. The van der Waals surface area contributed by atoms with Gasteiger partial charge in [-0.25, -0.2) is 0 Å². The van der Waals surface area contributed by atoms with Crippen molar-refractivity contribution in [3.05, 3.63) is 28.5 Å². The molecular formula is C11H13BrN2O2. The predicted octanol–water partition coefficient (Wildman–Crippen LogP) is 1.70. The van der Waals surface area contributed by atoms with Crippen molar-refractivity contribution >= 4 is 21.8 Å². The Balaban J connectivity index is 2.12. The molecule has 0 aromatic carbocycles. The SMILES string of the molecule is CN(C(=O)c1cncc(Br)c1)C1CCOC1. The molecule has 1 fully saturated rings. The third-order valence-electron chi connectivity index (χ3n) is 2.73. The van der Waals surface area contributed by atoms with Gasteiger partial charge < -0.3 is 9.64 Å². The molecule has 16 heavy (non-hydrogen) atoms. The van der Waals surface area contributed by atoms with E-state index in [1.165, 1.54) is 0 Å². The molecule has 0 N–H and O–H groups in total. The van der Waals surface area contributed by atoms with Crippen LogP contribution in [0.3, 0.4) is 0 Å². The summed E-state index contributed by atoms with van der Waals surface area (Å²) in [6, 6.07) is 1.97. The van der Waals surface area contributed by atoms with Gasteiger partial charge in [0.2, 0.25) is 0 Å². The number of carbonyl (C=O) groups excluding carboxylic acids is 1. The zero-order chi connectivity index (χ0) is 11.5. The number of aromatic nitrogens is 1. The van der Waals surface area contributed by atoms with Gasteiger partial charge in [-0.15, -0.1) is 0 Å². The van der Waals surface area contributed by atoms with E-state index in [1.807, 2.05) is 7.05 Å². The molecule has 1 aliphatic heterocycles. The molecule has 0 bridgehead atoms. The molecule has 2 heterocycles. The molecule has 0 spiro atoms. The van der Waals surface area contributed by atoms with Crippen molar-refractivity contribution in [3.63, 3.8) is 0 Å². The number of ether oxygens (including phenoxy) is 1. The van der Waals surface area contributed by atoms with Gasteiger partial charge in [0.25, 0.3) is 5.91 Å². The topological polar surface area (TPSA) is 42.4 Å². The summed E-state index contributed by atoms with van der Waals surface area (Å²) in [6.45, 7) is 1.36. The maximum Gasteiger partial charge on any atom is 0.255 e. The molecule has 0 aliphatic carbocycles. The molecule has 1 aliphatic rings. The Hall–Kier alpha value is -0.940. The van der Waals surface area contributed by atoms with Crippen LogP contribution >= 0.6 is 15.9 Å². The van der Waals surface area contributed by atoms with Crippen LogP contribution in [0.2, 0.25) is 0 Å². The third kappa shape index (κ3) is 2.41. The fourth-order valence-corrected chi connectivity index (χ4v) is 2.09. The van der Waals surface area contributed by atoms with Gasteiger partial charge in [0.15, 0.2) is 0 Å². The summed E-state index contributed by atoms with van der Waals surface area (Å²) in [6.07, 6.45) is 4.15. The van der Waals surface area contributed by atoms with Crippen LogP contribution in [0.4, 0.5) is 0 Å². The minimum atomic E-state index is -0.00991. The van der Waals surface area contributed by atoms with Gasteiger partial charge in [0.1, 0.15) is 0 Å². The molecule has 1 saturated heterocycles. The van der Waals surface area contributed by atoms with E-state index in [2.05, 4.69) is 20.9 Å². The second-order valence-corrected chi connectivity index (χ2v) is 4.74.